The number of carbonyl (C=O) groups is 1. The first-order valence-electron chi connectivity index (χ1n) is 7.76. The van der Waals surface area contributed by atoms with Gasteiger partial charge in [-0.1, -0.05) is 30.3 Å². The number of aromatic nitrogens is 2. The van der Waals surface area contributed by atoms with Gasteiger partial charge in [-0.05, 0) is 37.6 Å². The molecule has 0 fully saturated rings. The van der Waals surface area contributed by atoms with E-state index in [1.165, 1.54) is 0 Å². The van der Waals surface area contributed by atoms with Crippen LogP contribution in [0.15, 0.2) is 48.5 Å². The average molecular weight is 321 g/mol. The predicted molar refractivity (Wildman–Crippen MR) is 93.2 cm³/mol. The maximum absolute atomic E-state index is 12.7. The first-order chi connectivity index (χ1) is 11.6. The molecule has 0 spiro atoms. The summed E-state index contributed by atoms with van der Waals surface area (Å²) in [5.41, 5.74) is 2.17. The van der Waals surface area contributed by atoms with E-state index in [4.69, 9.17) is 4.74 Å². The highest BCUT2D eigenvalue weighted by Gasteiger charge is 2.16. The fourth-order valence-electron chi connectivity index (χ4n) is 2.61. The minimum absolute atomic E-state index is 0.141. The van der Waals surface area contributed by atoms with Crippen molar-refractivity contribution in [2.75, 3.05) is 7.11 Å². The Morgan fingerprint density at radius 1 is 1.08 bits per heavy atom. The molecule has 3 aromatic rings. The van der Waals surface area contributed by atoms with Crippen LogP contribution in [0, 0.1) is 6.92 Å². The number of methoxy groups -OCH3 is 1. The molecule has 1 aromatic heterocycles. The zero-order valence-corrected chi connectivity index (χ0v) is 13.9. The largest absolute Gasteiger partial charge is 0.497 e. The van der Waals surface area contributed by atoms with Crippen molar-refractivity contribution in [3.05, 3.63) is 65.6 Å². The molecule has 0 saturated carbocycles. The molecule has 5 nitrogen and oxygen atoms in total. The molecule has 1 amide bonds. The van der Waals surface area contributed by atoms with Gasteiger partial charge in [0.05, 0.1) is 18.7 Å². The zero-order chi connectivity index (χ0) is 17.1. The number of aryl methyl sites for hydroxylation is 1. The number of fused-ring (bicyclic) bond motifs is 1. The Balaban J connectivity index is 1.86. The number of nitrogens with zero attached hydrogens (tertiary/aromatic N) is 2. The predicted octanol–water partition coefficient (Wildman–Crippen LogP) is 3.44. The molecule has 2 aromatic carbocycles. The summed E-state index contributed by atoms with van der Waals surface area (Å²) >= 11 is 0. The Labute approximate surface area is 140 Å². The van der Waals surface area contributed by atoms with Crippen molar-refractivity contribution in [1.82, 2.24) is 15.3 Å². The van der Waals surface area contributed by atoms with Crippen molar-refractivity contribution >= 4 is 16.8 Å². The summed E-state index contributed by atoms with van der Waals surface area (Å²) in [7, 11) is 1.63. The van der Waals surface area contributed by atoms with Crippen molar-refractivity contribution < 1.29 is 9.53 Å². The van der Waals surface area contributed by atoms with Crippen LogP contribution < -0.4 is 10.1 Å². The first-order valence-corrected chi connectivity index (χ1v) is 7.76. The Kier molecular flexibility index (Phi) is 4.42. The molecule has 1 unspecified atom stereocenters. The lowest BCUT2D eigenvalue weighted by Gasteiger charge is -2.15. The van der Waals surface area contributed by atoms with Gasteiger partial charge in [0, 0.05) is 5.39 Å². The number of hydrogen-bond donors (Lipinski definition) is 1. The maximum Gasteiger partial charge on any atom is 0.271 e. The number of nitrogens with one attached hydrogen (secondary N) is 1. The molecule has 0 aliphatic carbocycles. The summed E-state index contributed by atoms with van der Waals surface area (Å²) in [5, 5.41) is 3.75. The van der Waals surface area contributed by atoms with Crippen LogP contribution in [0.2, 0.25) is 0 Å². The van der Waals surface area contributed by atoms with Gasteiger partial charge in [-0.15, -0.1) is 0 Å². The number of para-hydroxylation sites is 1. The van der Waals surface area contributed by atoms with Crippen LogP contribution in [0.25, 0.3) is 10.9 Å². The van der Waals surface area contributed by atoms with E-state index < -0.39 is 0 Å². The third-order valence-electron chi connectivity index (χ3n) is 3.89. The van der Waals surface area contributed by atoms with Crippen LogP contribution in [-0.4, -0.2) is 23.0 Å². The highest BCUT2D eigenvalue weighted by molar-refractivity contribution is 6.04. The molecule has 1 heterocycles. The van der Waals surface area contributed by atoms with Gasteiger partial charge in [0.25, 0.3) is 5.91 Å². The number of hydrogen-bond acceptors (Lipinski definition) is 4. The molecule has 0 saturated heterocycles. The van der Waals surface area contributed by atoms with E-state index in [-0.39, 0.29) is 11.9 Å². The van der Waals surface area contributed by atoms with Gasteiger partial charge in [-0.2, -0.15) is 0 Å². The van der Waals surface area contributed by atoms with E-state index in [0.29, 0.717) is 11.5 Å². The van der Waals surface area contributed by atoms with E-state index in [0.717, 1.165) is 22.2 Å². The zero-order valence-electron chi connectivity index (χ0n) is 13.9. The second-order valence-electron chi connectivity index (χ2n) is 5.60. The molecule has 0 bridgehead atoms. The van der Waals surface area contributed by atoms with Crippen LogP contribution >= 0.6 is 0 Å². The summed E-state index contributed by atoms with van der Waals surface area (Å²) in [6.07, 6.45) is 0. The topological polar surface area (TPSA) is 64.1 Å². The van der Waals surface area contributed by atoms with Crippen molar-refractivity contribution in [3.8, 4) is 5.75 Å². The van der Waals surface area contributed by atoms with Gasteiger partial charge in [0.15, 0.2) is 0 Å². The summed E-state index contributed by atoms with van der Waals surface area (Å²) in [4.78, 5) is 21.4. The van der Waals surface area contributed by atoms with Gasteiger partial charge in [-0.25, -0.2) is 9.97 Å². The van der Waals surface area contributed by atoms with E-state index >= 15 is 0 Å². The van der Waals surface area contributed by atoms with Crippen molar-refractivity contribution in [3.63, 3.8) is 0 Å². The van der Waals surface area contributed by atoms with E-state index in [9.17, 15) is 4.79 Å². The fraction of sp³-hybridized carbons (Fsp3) is 0.211. The Hall–Kier alpha value is -2.95. The molecule has 5 heteroatoms. The minimum atomic E-state index is -0.208. The van der Waals surface area contributed by atoms with Crippen molar-refractivity contribution in [2.24, 2.45) is 0 Å². The lowest BCUT2D eigenvalue weighted by atomic mass is 10.1. The van der Waals surface area contributed by atoms with Crippen molar-refractivity contribution in [2.45, 2.75) is 19.9 Å². The smallest absolute Gasteiger partial charge is 0.271 e. The normalized spacial score (nSPS) is 12.0. The highest BCUT2D eigenvalue weighted by Crippen LogP contribution is 2.19. The van der Waals surface area contributed by atoms with Crippen LogP contribution in [0.1, 0.15) is 34.8 Å². The first kappa shape index (κ1) is 15.9. The number of rotatable bonds is 4. The fourth-order valence-corrected chi connectivity index (χ4v) is 2.61. The van der Waals surface area contributed by atoms with E-state index in [2.05, 4.69) is 15.3 Å². The van der Waals surface area contributed by atoms with E-state index in [1.807, 2.05) is 55.5 Å². The van der Waals surface area contributed by atoms with Crippen LogP contribution in [0.4, 0.5) is 0 Å². The third kappa shape index (κ3) is 3.20. The SMILES string of the molecule is COc1ccc(C(C)NC(=O)c2nc(C)nc3ccccc23)cc1. The van der Waals surface area contributed by atoms with Crippen LogP contribution in [0.3, 0.4) is 0 Å². The molecule has 0 aliphatic rings. The summed E-state index contributed by atoms with van der Waals surface area (Å²) in [6, 6.07) is 15.0. The second-order valence-corrected chi connectivity index (χ2v) is 5.60. The molecule has 0 aliphatic heterocycles. The van der Waals surface area contributed by atoms with Gasteiger partial charge in [0.1, 0.15) is 17.3 Å². The minimum Gasteiger partial charge on any atom is -0.497 e. The monoisotopic (exact) mass is 321 g/mol. The van der Waals surface area contributed by atoms with Gasteiger partial charge in [0.2, 0.25) is 0 Å². The van der Waals surface area contributed by atoms with Gasteiger partial charge in [-0.3, -0.25) is 4.79 Å². The number of ether oxygens (including phenoxy) is 1. The van der Waals surface area contributed by atoms with Crippen LogP contribution in [-0.2, 0) is 0 Å². The lowest BCUT2D eigenvalue weighted by Crippen LogP contribution is -2.28. The highest BCUT2D eigenvalue weighted by atomic mass is 16.5. The molecular formula is C19H19N3O2. The van der Waals surface area contributed by atoms with Crippen molar-refractivity contribution in [1.29, 1.82) is 0 Å². The van der Waals surface area contributed by atoms with Crippen LogP contribution in [0.5, 0.6) is 5.75 Å². The summed E-state index contributed by atoms with van der Waals surface area (Å²) in [5.74, 6) is 1.16. The maximum atomic E-state index is 12.7. The number of carbonyl (C=O) groups excluding carboxylic acids is 1. The van der Waals surface area contributed by atoms with Gasteiger partial charge >= 0.3 is 0 Å². The van der Waals surface area contributed by atoms with Gasteiger partial charge < -0.3 is 10.1 Å². The Morgan fingerprint density at radius 2 is 1.79 bits per heavy atom. The number of benzene rings is 2. The Bertz CT molecular complexity index is 875. The summed E-state index contributed by atoms with van der Waals surface area (Å²) < 4.78 is 5.16. The molecule has 122 valence electrons. The van der Waals surface area contributed by atoms with E-state index in [1.54, 1.807) is 14.0 Å². The quantitative estimate of drug-likeness (QED) is 0.799. The molecule has 1 atom stereocenters. The number of amides is 1. The molecular weight excluding hydrogens is 302 g/mol. The second kappa shape index (κ2) is 6.66. The molecule has 0 radical (unpaired) electrons. The summed E-state index contributed by atoms with van der Waals surface area (Å²) in [6.45, 7) is 3.73. The standard InChI is InChI=1S/C19H19N3O2/c1-12(14-8-10-15(24-3)11-9-14)20-19(23)18-16-6-4-5-7-17(16)21-13(2)22-18/h4-12H,1-3H3,(H,20,23). The Morgan fingerprint density at radius 3 is 2.50 bits per heavy atom. The third-order valence-corrected chi connectivity index (χ3v) is 3.89. The molecule has 24 heavy (non-hydrogen) atoms. The molecule has 3 rings (SSSR count). The molecule has 1 N–H and O–H groups in total. The lowest BCUT2D eigenvalue weighted by molar-refractivity contribution is 0.0936. The average Bonchev–Trinajstić information content (AvgIpc) is 2.60.